The van der Waals surface area contributed by atoms with Crippen LogP contribution in [0.4, 0.5) is 4.79 Å². The summed E-state index contributed by atoms with van der Waals surface area (Å²) < 4.78 is 1.83. The quantitative estimate of drug-likeness (QED) is 0.710. The van der Waals surface area contributed by atoms with Crippen LogP contribution in [0.25, 0.3) is 0 Å². The number of hydrogen-bond donors (Lipinski definition) is 2. The average Bonchev–Trinajstić information content (AvgIpc) is 3.21. The Morgan fingerprint density at radius 2 is 2.12 bits per heavy atom. The van der Waals surface area contributed by atoms with E-state index in [4.69, 9.17) is 11.6 Å². The summed E-state index contributed by atoms with van der Waals surface area (Å²) in [6.07, 6.45) is 4.99. The summed E-state index contributed by atoms with van der Waals surface area (Å²) in [6, 6.07) is 5.61. The van der Waals surface area contributed by atoms with E-state index in [0.717, 1.165) is 4.90 Å². The molecule has 2 heterocycles. The van der Waals surface area contributed by atoms with E-state index in [1.807, 2.05) is 4.57 Å². The highest BCUT2D eigenvalue weighted by Gasteiger charge is 2.39. The Labute approximate surface area is 155 Å². The fourth-order valence-electron chi connectivity index (χ4n) is 2.66. The standard InChI is InChI=1S/C17H18ClN5O3/c18-13-4-2-1-3-12(13)10-23-16(25)14(21-17(23)26)9-15(24)20-6-8-22-7-5-19-11-22/h1-5,7,11,14H,6,8-10H2,(H,20,24)(H,21,26). The molecule has 2 N–H and O–H groups in total. The van der Waals surface area contributed by atoms with Crippen molar-refractivity contribution in [2.24, 2.45) is 0 Å². The first-order valence-electron chi connectivity index (χ1n) is 8.12. The molecule has 8 nitrogen and oxygen atoms in total. The molecule has 1 aliphatic rings. The van der Waals surface area contributed by atoms with Gasteiger partial charge in [-0.1, -0.05) is 29.8 Å². The van der Waals surface area contributed by atoms with Gasteiger partial charge in [-0.15, -0.1) is 0 Å². The molecule has 3 rings (SSSR count). The molecule has 1 aromatic heterocycles. The lowest BCUT2D eigenvalue weighted by atomic mass is 10.1. The van der Waals surface area contributed by atoms with Gasteiger partial charge in [0.25, 0.3) is 5.91 Å². The molecule has 1 fully saturated rings. The third kappa shape index (κ3) is 4.20. The van der Waals surface area contributed by atoms with Gasteiger partial charge in [-0.05, 0) is 11.6 Å². The normalized spacial score (nSPS) is 16.7. The maximum atomic E-state index is 12.4. The molecule has 136 valence electrons. The lowest BCUT2D eigenvalue weighted by molar-refractivity contribution is -0.131. The van der Waals surface area contributed by atoms with E-state index in [0.29, 0.717) is 23.7 Å². The number of nitrogens with one attached hydrogen (secondary N) is 2. The van der Waals surface area contributed by atoms with Crippen LogP contribution in [0.1, 0.15) is 12.0 Å². The molecule has 0 saturated carbocycles. The summed E-state index contributed by atoms with van der Waals surface area (Å²) in [4.78, 5) is 41.5. The fraction of sp³-hybridized carbons (Fsp3) is 0.294. The number of imidazole rings is 1. The molecule has 4 amide bonds. The zero-order valence-electron chi connectivity index (χ0n) is 13.9. The second-order valence-corrected chi connectivity index (χ2v) is 6.28. The third-order valence-corrected chi connectivity index (χ3v) is 4.40. The maximum Gasteiger partial charge on any atom is 0.325 e. The van der Waals surface area contributed by atoms with Crippen LogP contribution in [0, 0.1) is 0 Å². The van der Waals surface area contributed by atoms with Crippen molar-refractivity contribution in [3.63, 3.8) is 0 Å². The van der Waals surface area contributed by atoms with Crippen molar-refractivity contribution in [2.45, 2.75) is 25.6 Å². The molecule has 26 heavy (non-hydrogen) atoms. The lowest BCUT2D eigenvalue weighted by Crippen LogP contribution is -2.37. The van der Waals surface area contributed by atoms with Gasteiger partial charge in [0.05, 0.1) is 19.3 Å². The molecule has 2 aromatic rings. The van der Waals surface area contributed by atoms with Gasteiger partial charge < -0.3 is 15.2 Å². The van der Waals surface area contributed by atoms with Crippen molar-refractivity contribution in [3.8, 4) is 0 Å². The predicted molar refractivity (Wildman–Crippen MR) is 94.2 cm³/mol. The van der Waals surface area contributed by atoms with Crippen LogP contribution in [0.2, 0.25) is 5.02 Å². The monoisotopic (exact) mass is 375 g/mol. The minimum Gasteiger partial charge on any atom is -0.354 e. The van der Waals surface area contributed by atoms with Crippen molar-refractivity contribution in [2.75, 3.05) is 6.54 Å². The second-order valence-electron chi connectivity index (χ2n) is 5.87. The van der Waals surface area contributed by atoms with Crippen LogP contribution >= 0.6 is 11.6 Å². The molecule has 0 spiro atoms. The number of urea groups is 1. The van der Waals surface area contributed by atoms with Crippen molar-refractivity contribution < 1.29 is 14.4 Å². The summed E-state index contributed by atoms with van der Waals surface area (Å²) in [7, 11) is 0. The predicted octanol–water partition coefficient (Wildman–Crippen LogP) is 1.16. The average molecular weight is 376 g/mol. The van der Waals surface area contributed by atoms with Gasteiger partial charge in [-0.2, -0.15) is 0 Å². The van der Waals surface area contributed by atoms with E-state index in [9.17, 15) is 14.4 Å². The molecule has 0 radical (unpaired) electrons. The lowest BCUT2D eigenvalue weighted by Gasteiger charge is -2.14. The smallest absolute Gasteiger partial charge is 0.325 e. The highest BCUT2D eigenvalue weighted by Crippen LogP contribution is 2.20. The first-order valence-corrected chi connectivity index (χ1v) is 8.50. The number of amides is 4. The zero-order chi connectivity index (χ0) is 18.5. The number of hydrogen-bond acceptors (Lipinski definition) is 4. The van der Waals surface area contributed by atoms with Crippen LogP contribution in [0.15, 0.2) is 43.0 Å². The number of halogens is 1. The molecule has 0 aliphatic carbocycles. The first kappa shape index (κ1) is 17.9. The first-order chi connectivity index (χ1) is 12.5. The number of imide groups is 1. The minimum absolute atomic E-state index is 0.0725. The third-order valence-electron chi connectivity index (χ3n) is 4.03. The van der Waals surface area contributed by atoms with Crippen molar-refractivity contribution in [1.29, 1.82) is 0 Å². The Kier molecular flexibility index (Phi) is 5.52. The number of aromatic nitrogens is 2. The molecule has 1 aromatic carbocycles. The Hall–Kier alpha value is -2.87. The van der Waals surface area contributed by atoms with Crippen LogP contribution < -0.4 is 10.6 Å². The molecular weight excluding hydrogens is 358 g/mol. The van der Waals surface area contributed by atoms with Crippen LogP contribution in [0.5, 0.6) is 0 Å². The summed E-state index contributed by atoms with van der Waals surface area (Å²) in [6.45, 7) is 1.06. The molecule has 1 atom stereocenters. The molecule has 1 unspecified atom stereocenters. The van der Waals surface area contributed by atoms with Crippen LogP contribution in [-0.2, 0) is 22.7 Å². The molecular formula is C17H18ClN5O3. The van der Waals surface area contributed by atoms with Gasteiger partial charge in [0.15, 0.2) is 0 Å². The number of carbonyl (C=O) groups is 3. The Morgan fingerprint density at radius 3 is 2.85 bits per heavy atom. The second kappa shape index (κ2) is 8.01. The van der Waals surface area contributed by atoms with Gasteiger partial charge in [0.1, 0.15) is 6.04 Å². The van der Waals surface area contributed by atoms with Gasteiger partial charge >= 0.3 is 6.03 Å². The summed E-state index contributed by atoms with van der Waals surface area (Å²) in [5.74, 6) is -0.733. The highest BCUT2D eigenvalue weighted by atomic mass is 35.5. The van der Waals surface area contributed by atoms with Crippen LogP contribution in [-0.4, -0.2) is 44.9 Å². The van der Waals surface area contributed by atoms with E-state index < -0.39 is 18.0 Å². The van der Waals surface area contributed by atoms with E-state index in [-0.39, 0.29) is 18.9 Å². The van der Waals surface area contributed by atoms with Crippen molar-refractivity contribution >= 4 is 29.4 Å². The van der Waals surface area contributed by atoms with E-state index in [1.165, 1.54) is 0 Å². The maximum absolute atomic E-state index is 12.4. The minimum atomic E-state index is -0.863. The topological polar surface area (TPSA) is 96.3 Å². The molecule has 1 aliphatic heterocycles. The summed E-state index contributed by atoms with van der Waals surface area (Å²) >= 11 is 6.08. The highest BCUT2D eigenvalue weighted by molar-refractivity contribution is 6.31. The van der Waals surface area contributed by atoms with Crippen LogP contribution in [0.3, 0.4) is 0 Å². The molecule has 1 saturated heterocycles. The Morgan fingerprint density at radius 1 is 1.31 bits per heavy atom. The number of benzene rings is 1. The van der Waals surface area contributed by atoms with Crippen molar-refractivity contribution in [3.05, 3.63) is 53.6 Å². The Balaban J connectivity index is 1.51. The summed E-state index contributed by atoms with van der Waals surface area (Å²) in [5.41, 5.74) is 0.670. The molecule has 9 heteroatoms. The van der Waals surface area contributed by atoms with E-state index in [1.54, 1.807) is 43.0 Å². The van der Waals surface area contributed by atoms with Crippen molar-refractivity contribution in [1.82, 2.24) is 25.1 Å². The summed E-state index contributed by atoms with van der Waals surface area (Å²) in [5, 5.41) is 5.75. The number of carbonyl (C=O) groups excluding carboxylic acids is 3. The van der Waals surface area contributed by atoms with E-state index in [2.05, 4.69) is 15.6 Å². The Bertz CT molecular complexity index is 808. The largest absolute Gasteiger partial charge is 0.354 e. The zero-order valence-corrected chi connectivity index (χ0v) is 14.6. The molecule has 0 bridgehead atoms. The SMILES string of the molecule is O=C(CC1NC(=O)N(Cc2ccccc2Cl)C1=O)NCCn1ccnc1. The fourth-order valence-corrected chi connectivity index (χ4v) is 2.86. The van der Waals surface area contributed by atoms with Gasteiger partial charge in [0.2, 0.25) is 5.91 Å². The number of rotatable bonds is 7. The van der Waals surface area contributed by atoms with E-state index >= 15 is 0 Å². The number of nitrogens with zero attached hydrogens (tertiary/aromatic N) is 3. The van der Waals surface area contributed by atoms with Gasteiger partial charge in [-0.3, -0.25) is 14.5 Å². The van der Waals surface area contributed by atoms with Gasteiger partial charge in [0, 0.05) is 30.5 Å². The van der Waals surface area contributed by atoms with Gasteiger partial charge in [-0.25, -0.2) is 9.78 Å².